The van der Waals surface area contributed by atoms with Crippen molar-refractivity contribution in [3.05, 3.63) is 24.3 Å². The van der Waals surface area contributed by atoms with Crippen molar-refractivity contribution >= 4 is 23.1 Å². The summed E-state index contributed by atoms with van der Waals surface area (Å²) in [6.07, 6.45) is 1.43. The molecule has 1 fully saturated rings. The molecule has 8 nitrogen and oxygen atoms in total. The first kappa shape index (κ1) is 18.5. The first-order chi connectivity index (χ1) is 12.7. The molecule has 0 atom stereocenters. The number of fused-ring (bicyclic) bond motifs is 1. The molecule has 0 radical (unpaired) electrons. The molecule has 1 aliphatic rings. The molecule has 0 bridgehead atoms. The number of rotatable bonds is 7. The van der Waals surface area contributed by atoms with Gasteiger partial charge in [-0.05, 0) is 31.9 Å². The number of hydrogen-bond donors (Lipinski definition) is 2. The van der Waals surface area contributed by atoms with Crippen molar-refractivity contribution in [1.29, 1.82) is 0 Å². The molecule has 2 N–H and O–H groups in total. The van der Waals surface area contributed by atoms with E-state index >= 15 is 0 Å². The SMILES string of the molecule is CCOC(=O)N1CCC(Nc2nc3ccccc3n2COCCO)CC1. The Hall–Kier alpha value is -2.32. The average molecular weight is 362 g/mol. The number of carbonyl (C=O) groups excluding carboxylic acids is 1. The van der Waals surface area contributed by atoms with Gasteiger partial charge in [0, 0.05) is 19.1 Å². The predicted molar refractivity (Wildman–Crippen MR) is 98.0 cm³/mol. The summed E-state index contributed by atoms with van der Waals surface area (Å²) in [5.74, 6) is 0.749. The number of imidazole rings is 1. The highest BCUT2D eigenvalue weighted by atomic mass is 16.6. The van der Waals surface area contributed by atoms with Crippen LogP contribution < -0.4 is 5.32 Å². The first-order valence-electron chi connectivity index (χ1n) is 9.05. The van der Waals surface area contributed by atoms with E-state index in [-0.39, 0.29) is 25.3 Å². The third kappa shape index (κ3) is 4.25. The molecule has 8 heteroatoms. The number of piperidine rings is 1. The molecule has 26 heavy (non-hydrogen) atoms. The maximum Gasteiger partial charge on any atom is 0.409 e. The van der Waals surface area contributed by atoms with E-state index in [0.29, 0.717) is 26.4 Å². The highest BCUT2D eigenvalue weighted by molar-refractivity contribution is 5.78. The summed E-state index contributed by atoms with van der Waals surface area (Å²) in [7, 11) is 0. The van der Waals surface area contributed by atoms with Gasteiger partial charge in [-0.3, -0.25) is 4.57 Å². The number of amides is 1. The van der Waals surface area contributed by atoms with E-state index in [1.54, 1.807) is 4.90 Å². The molecule has 0 unspecified atom stereocenters. The van der Waals surface area contributed by atoms with Crippen LogP contribution in [0.5, 0.6) is 0 Å². The minimum atomic E-state index is -0.240. The molecule has 1 saturated heterocycles. The summed E-state index contributed by atoms with van der Waals surface area (Å²) in [6, 6.07) is 8.12. The molecule has 1 aromatic heterocycles. The highest BCUT2D eigenvalue weighted by Gasteiger charge is 2.24. The number of anilines is 1. The van der Waals surface area contributed by atoms with Crippen LogP contribution in [0.1, 0.15) is 19.8 Å². The van der Waals surface area contributed by atoms with Gasteiger partial charge in [0.1, 0.15) is 6.73 Å². The Kier molecular flexibility index (Phi) is 6.30. The maximum atomic E-state index is 11.8. The summed E-state index contributed by atoms with van der Waals surface area (Å²) in [5, 5.41) is 12.4. The number of hydrogen-bond acceptors (Lipinski definition) is 6. The number of aliphatic hydroxyl groups excluding tert-OH is 1. The summed E-state index contributed by atoms with van der Waals surface area (Å²) < 4.78 is 12.5. The number of aromatic nitrogens is 2. The van der Waals surface area contributed by atoms with Crippen LogP contribution in [0.4, 0.5) is 10.7 Å². The van der Waals surface area contributed by atoms with E-state index in [4.69, 9.17) is 14.6 Å². The number of likely N-dealkylation sites (tertiary alicyclic amines) is 1. The quantitative estimate of drug-likeness (QED) is 0.733. The Morgan fingerprint density at radius 3 is 2.85 bits per heavy atom. The molecular formula is C18H26N4O4. The third-order valence-corrected chi connectivity index (χ3v) is 4.46. The van der Waals surface area contributed by atoms with Gasteiger partial charge in [-0.2, -0.15) is 0 Å². The zero-order chi connectivity index (χ0) is 18.4. The Morgan fingerprint density at radius 2 is 2.12 bits per heavy atom. The van der Waals surface area contributed by atoms with Crippen molar-refractivity contribution < 1.29 is 19.4 Å². The van der Waals surface area contributed by atoms with E-state index in [0.717, 1.165) is 29.8 Å². The van der Waals surface area contributed by atoms with Crippen LogP contribution >= 0.6 is 0 Å². The van der Waals surface area contributed by atoms with Gasteiger partial charge in [0.2, 0.25) is 5.95 Å². The Bertz CT molecular complexity index is 725. The summed E-state index contributed by atoms with van der Waals surface area (Å²) in [4.78, 5) is 18.2. The minimum Gasteiger partial charge on any atom is -0.450 e. The van der Waals surface area contributed by atoms with Gasteiger partial charge >= 0.3 is 6.09 Å². The molecule has 2 heterocycles. The highest BCUT2D eigenvalue weighted by Crippen LogP contribution is 2.22. The monoisotopic (exact) mass is 362 g/mol. The molecule has 1 aromatic carbocycles. The van der Waals surface area contributed by atoms with Gasteiger partial charge in [-0.15, -0.1) is 0 Å². The Labute approximate surface area is 152 Å². The molecule has 0 spiro atoms. The minimum absolute atomic E-state index is 0.0122. The van der Waals surface area contributed by atoms with Crippen molar-refractivity contribution in [2.75, 3.05) is 38.2 Å². The lowest BCUT2D eigenvalue weighted by Crippen LogP contribution is -2.42. The predicted octanol–water partition coefficient (Wildman–Crippen LogP) is 2.04. The van der Waals surface area contributed by atoms with Crippen molar-refractivity contribution in [2.24, 2.45) is 0 Å². The number of para-hydroxylation sites is 2. The first-order valence-corrected chi connectivity index (χ1v) is 9.05. The van der Waals surface area contributed by atoms with Crippen LogP contribution in [-0.2, 0) is 16.2 Å². The van der Waals surface area contributed by atoms with Crippen LogP contribution in [0.3, 0.4) is 0 Å². The van der Waals surface area contributed by atoms with E-state index in [2.05, 4.69) is 10.3 Å². The fourth-order valence-corrected chi connectivity index (χ4v) is 3.14. The van der Waals surface area contributed by atoms with E-state index in [1.165, 1.54) is 0 Å². The summed E-state index contributed by atoms with van der Waals surface area (Å²) in [6.45, 7) is 4.14. The zero-order valence-electron chi connectivity index (χ0n) is 15.1. The second kappa shape index (κ2) is 8.86. The number of aliphatic hydroxyl groups is 1. The molecule has 0 aliphatic carbocycles. The third-order valence-electron chi connectivity index (χ3n) is 4.46. The normalized spacial score (nSPS) is 15.4. The standard InChI is InChI=1S/C18H26N4O4/c1-2-26-18(24)21-9-7-14(8-10-21)19-17-20-15-5-3-4-6-16(15)22(17)13-25-12-11-23/h3-6,14,23H,2,7-13H2,1H3,(H,19,20). The van der Waals surface area contributed by atoms with Gasteiger partial charge in [0.25, 0.3) is 0 Å². The lowest BCUT2D eigenvalue weighted by molar-refractivity contribution is 0.0510. The maximum absolute atomic E-state index is 11.8. The van der Waals surface area contributed by atoms with Crippen molar-refractivity contribution in [2.45, 2.75) is 32.5 Å². The van der Waals surface area contributed by atoms with E-state index in [9.17, 15) is 4.79 Å². The average Bonchev–Trinajstić information content (AvgIpc) is 3.00. The van der Waals surface area contributed by atoms with Crippen LogP contribution in [-0.4, -0.2) is 64.6 Å². The number of ether oxygens (including phenoxy) is 2. The molecule has 1 amide bonds. The van der Waals surface area contributed by atoms with Crippen molar-refractivity contribution in [3.63, 3.8) is 0 Å². The van der Waals surface area contributed by atoms with Crippen LogP contribution in [0.15, 0.2) is 24.3 Å². The fourth-order valence-electron chi connectivity index (χ4n) is 3.14. The number of nitrogens with one attached hydrogen (secondary N) is 1. The molecular weight excluding hydrogens is 336 g/mol. The van der Waals surface area contributed by atoms with Crippen LogP contribution in [0.2, 0.25) is 0 Å². The van der Waals surface area contributed by atoms with E-state index in [1.807, 2.05) is 35.8 Å². The second-order valence-electron chi connectivity index (χ2n) is 6.22. The van der Waals surface area contributed by atoms with Gasteiger partial charge in [-0.25, -0.2) is 9.78 Å². The topological polar surface area (TPSA) is 88.9 Å². The van der Waals surface area contributed by atoms with Crippen LogP contribution in [0, 0.1) is 0 Å². The zero-order valence-corrected chi connectivity index (χ0v) is 15.1. The summed E-state index contributed by atoms with van der Waals surface area (Å²) in [5.41, 5.74) is 1.88. The van der Waals surface area contributed by atoms with E-state index < -0.39 is 0 Å². The Balaban J connectivity index is 1.67. The van der Waals surface area contributed by atoms with Crippen molar-refractivity contribution in [1.82, 2.24) is 14.5 Å². The van der Waals surface area contributed by atoms with Gasteiger partial charge < -0.3 is 24.8 Å². The molecule has 2 aromatic rings. The lowest BCUT2D eigenvalue weighted by Gasteiger charge is -2.31. The van der Waals surface area contributed by atoms with Crippen LogP contribution in [0.25, 0.3) is 11.0 Å². The lowest BCUT2D eigenvalue weighted by atomic mass is 10.1. The van der Waals surface area contributed by atoms with Crippen molar-refractivity contribution in [3.8, 4) is 0 Å². The molecule has 3 rings (SSSR count). The largest absolute Gasteiger partial charge is 0.450 e. The number of carbonyl (C=O) groups is 1. The number of nitrogens with zero attached hydrogens (tertiary/aromatic N) is 3. The second-order valence-corrected chi connectivity index (χ2v) is 6.22. The van der Waals surface area contributed by atoms with Gasteiger partial charge in [0.05, 0.1) is 30.9 Å². The van der Waals surface area contributed by atoms with Gasteiger partial charge in [-0.1, -0.05) is 12.1 Å². The molecule has 1 aliphatic heterocycles. The molecule has 0 saturated carbocycles. The summed E-state index contributed by atoms with van der Waals surface area (Å²) >= 11 is 0. The fraction of sp³-hybridized carbons (Fsp3) is 0.556. The van der Waals surface area contributed by atoms with Gasteiger partial charge in [0.15, 0.2) is 0 Å². The Morgan fingerprint density at radius 1 is 1.35 bits per heavy atom. The number of benzene rings is 1. The molecule has 142 valence electrons. The smallest absolute Gasteiger partial charge is 0.409 e.